The van der Waals surface area contributed by atoms with Gasteiger partial charge in [-0.05, 0) is 41.8 Å². The summed E-state index contributed by atoms with van der Waals surface area (Å²) in [6, 6.07) is 13.8. The number of hydrogen-bond donors (Lipinski definition) is 1. The topological polar surface area (TPSA) is 67.5 Å². The summed E-state index contributed by atoms with van der Waals surface area (Å²) in [6.45, 7) is 2.73. The first-order chi connectivity index (χ1) is 14.6. The maximum atomic E-state index is 13.4. The number of nitrogens with zero attached hydrogens (tertiary/aromatic N) is 2. The molecule has 2 atom stereocenters. The first kappa shape index (κ1) is 18.7. The van der Waals surface area contributed by atoms with Gasteiger partial charge in [0.25, 0.3) is 0 Å². The molecular weight excluding hydrogens is 378 g/mol. The molecule has 30 heavy (non-hydrogen) atoms. The van der Waals surface area contributed by atoms with Crippen LogP contribution in [0.25, 0.3) is 0 Å². The van der Waals surface area contributed by atoms with Crippen LogP contribution < -0.4 is 9.47 Å². The standard InChI is InChI=1S/C24H25N3O3/c1-15-11-18-12-16(3-8-21(18)30-15)13-22(28)27-10-9-20-23(26-14-25-20)24(27)17-4-6-19(29-2)7-5-17/h3-8,12,14-15,24H,9-11,13H2,1-2H3,(H,25,26)/t15-,24-/m0/s1. The number of H-pyrrole nitrogens is 1. The van der Waals surface area contributed by atoms with E-state index in [-0.39, 0.29) is 18.1 Å². The van der Waals surface area contributed by atoms with E-state index in [2.05, 4.69) is 23.0 Å². The van der Waals surface area contributed by atoms with E-state index in [9.17, 15) is 4.79 Å². The van der Waals surface area contributed by atoms with Crippen molar-refractivity contribution in [2.75, 3.05) is 13.7 Å². The minimum Gasteiger partial charge on any atom is -0.497 e. The van der Waals surface area contributed by atoms with Gasteiger partial charge in [0.1, 0.15) is 23.6 Å². The van der Waals surface area contributed by atoms with Crippen LogP contribution in [0, 0.1) is 0 Å². The molecule has 1 N–H and O–H groups in total. The van der Waals surface area contributed by atoms with Gasteiger partial charge in [-0.15, -0.1) is 0 Å². The fourth-order valence-corrected chi connectivity index (χ4v) is 4.53. The predicted molar refractivity (Wildman–Crippen MR) is 113 cm³/mol. The number of benzene rings is 2. The minimum atomic E-state index is -0.198. The lowest BCUT2D eigenvalue weighted by Gasteiger charge is -2.35. The van der Waals surface area contributed by atoms with E-state index in [0.717, 1.165) is 46.9 Å². The number of aromatic nitrogens is 2. The first-order valence-corrected chi connectivity index (χ1v) is 10.4. The number of nitrogens with one attached hydrogen (secondary N) is 1. The zero-order chi connectivity index (χ0) is 20.7. The van der Waals surface area contributed by atoms with Crippen LogP contribution in [-0.4, -0.2) is 40.5 Å². The Bertz CT molecular complexity index is 1070. The number of amides is 1. The van der Waals surface area contributed by atoms with Crippen LogP contribution in [0.1, 0.15) is 41.0 Å². The Hall–Kier alpha value is -3.28. The van der Waals surface area contributed by atoms with Crippen molar-refractivity contribution in [3.63, 3.8) is 0 Å². The molecular formula is C24H25N3O3. The molecule has 5 rings (SSSR count). The minimum absolute atomic E-state index is 0.108. The predicted octanol–water partition coefficient (Wildman–Crippen LogP) is 3.46. The molecule has 2 aliphatic rings. The van der Waals surface area contributed by atoms with Crippen LogP contribution in [0.3, 0.4) is 0 Å². The summed E-state index contributed by atoms with van der Waals surface area (Å²) in [6.07, 6.45) is 3.96. The lowest BCUT2D eigenvalue weighted by Crippen LogP contribution is -2.41. The number of ether oxygens (including phenoxy) is 2. The van der Waals surface area contributed by atoms with Gasteiger partial charge in [-0.2, -0.15) is 0 Å². The average molecular weight is 403 g/mol. The molecule has 3 aromatic rings. The van der Waals surface area contributed by atoms with Gasteiger partial charge < -0.3 is 19.4 Å². The van der Waals surface area contributed by atoms with Gasteiger partial charge in [-0.1, -0.05) is 24.3 Å². The van der Waals surface area contributed by atoms with E-state index < -0.39 is 0 Å². The molecule has 1 amide bonds. The normalized spacial score (nSPS) is 19.7. The molecule has 0 aliphatic carbocycles. The van der Waals surface area contributed by atoms with Gasteiger partial charge in [0.2, 0.25) is 5.91 Å². The van der Waals surface area contributed by atoms with E-state index >= 15 is 0 Å². The summed E-state index contributed by atoms with van der Waals surface area (Å²) in [4.78, 5) is 23.1. The van der Waals surface area contributed by atoms with Crippen molar-refractivity contribution in [3.05, 3.63) is 76.9 Å². The van der Waals surface area contributed by atoms with Gasteiger partial charge in [-0.25, -0.2) is 4.98 Å². The number of carbonyl (C=O) groups is 1. The molecule has 0 saturated heterocycles. The van der Waals surface area contributed by atoms with E-state index in [4.69, 9.17) is 9.47 Å². The van der Waals surface area contributed by atoms with Crippen LogP contribution in [0.5, 0.6) is 11.5 Å². The maximum absolute atomic E-state index is 13.4. The number of fused-ring (bicyclic) bond motifs is 2. The number of imidazole rings is 1. The van der Waals surface area contributed by atoms with Crippen molar-refractivity contribution in [1.82, 2.24) is 14.9 Å². The maximum Gasteiger partial charge on any atom is 0.227 e. The highest BCUT2D eigenvalue weighted by Gasteiger charge is 2.34. The van der Waals surface area contributed by atoms with Crippen molar-refractivity contribution in [2.45, 2.75) is 38.3 Å². The molecule has 6 nitrogen and oxygen atoms in total. The SMILES string of the molecule is COc1ccc([C@H]2c3nc[nH]c3CCN2C(=O)Cc2ccc3c(c2)C[C@H](C)O3)cc1. The van der Waals surface area contributed by atoms with Gasteiger partial charge in [0.15, 0.2) is 0 Å². The molecule has 2 aliphatic heterocycles. The van der Waals surface area contributed by atoms with Gasteiger partial charge in [-0.3, -0.25) is 4.79 Å². The highest BCUT2D eigenvalue weighted by atomic mass is 16.5. The monoisotopic (exact) mass is 403 g/mol. The van der Waals surface area contributed by atoms with Crippen molar-refractivity contribution in [3.8, 4) is 11.5 Å². The summed E-state index contributed by atoms with van der Waals surface area (Å²) in [5.41, 5.74) is 5.28. The van der Waals surface area contributed by atoms with Crippen LogP contribution in [0.2, 0.25) is 0 Å². The summed E-state index contributed by atoms with van der Waals surface area (Å²) in [5.74, 6) is 1.84. The summed E-state index contributed by atoms with van der Waals surface area (Å²) >= 11 is 0. The Balaban J connectivity index is 1.43. The van der Waals surface area contributed by atoms with Crippen LogP contribution in [-0.2, 0) is 24.1 Å². The van der Waals surface area contributed by atoms with Crippen molar-refractivity contribution in [1.29, 1.82) is 0 Å². The first-order valence-electron chi connectivity index (χ1n) is 10.4. The van der Waals surface area contributed by atoms with Crippen molar-refractivity contribution in [2.24, 2.45) is 0 Å². The molecule has 0 fully saturated rings. The van der Waals surface area contributed by atoms with Crippen molar-refractivity contribution < 1.29 is 14.3 Å². The van der Waals surface area contributed by atoms with E-state index in [1.807, 2.05) is 41.3 Å². The summed E-state index contributed by atoms with van der Waals surface area (Å²) in [5, 5.41) is 0. The quantitative estimate of drug-likeness (QED) is 0.725. The smallest absolute Gasteiger partial charge is 0.227 e. The molecule has 1 aromatic heterocycles. The second-order valence-electron chi connectivity index (χ2n) is 8.03. The Labute approximate surface area is 175 Å². The Morgan fingerprint density at radius 2 is 2.10 bits per heavy atom. The molecule has 3 heterocycles. The zero-order valence-corrected chi connectivity index (χ0v) is 17.2. The van der Waals surface area contributed by atoms with Crippen LogP contribution in [0.4, 0.5) is 0 Å². The third kappa shape index (κ3) is 3.32. The molecule has 0 spiro atoms. The largest absolute Gasteiger partial charge is 0.497 e. The molecule has 0 saturated carbocycles. The number of methoxy groups -OCH3 is 1. The average Bonchev–Trinajstić information content (AvgIpc) is 3.38. The Morgan fingerprint density at radius 1 is 1.27 bits per heavy atom. The lowest BCUT2D eigenvalue weighted by atomic mass is 9.94. The van der Waals surface area contributed by atoms with Gasteiger partial charge >= 0.3 is 0 Å². The molecule has 2 aromatic carbocycles. The number of hydrogen-bond acceptors (Lipinski definition) is 4. The molecule has 0 radical (unpaired) electrons. The Morgan fingerprint density at radius 3 is 2.90 bits per heavy atom. The number of rotatable bonds is 4. The lowest BCUT2D eigenvalue weighted by molar-refractivity contribution is -0.132. The Kier molecular flexibility index (Phi) is 4.69. The summed E-state index contributed by atoms with van der Waals surface area (Å²) < 4.78 is 11.1. The highest BCUT2D eigenvalue weighted by Crippen LogP contribution is 2.35. The fourth-order valence-electron chi connectivity index (χ4n) is 4.53. The van der Waals surface area contributed by atoms with Crippen LogP contribution >= 0.6 is 0 Å². The molecule has 6 heteroatoms. The van der Waals surface area contributed by atoms with Gasteiger partial charge in [0, 0.05) is 25.1 Å². The zero-order valence-electron chi connectivity index (χ0n) is 17.2. The second kappa shape index (κ2) is 7.52. The summed E-state index contributed by atoms with van der Waals surface area (Å²) in [7, 11) is 1.65. The molecule has 154 valence electrons. The fraction of sp³-hybridized carbons (Fsp3) is 0.333. The molecule has 0 unspecified atom stereocenters. The molecule has 0 bridgehead atoms. The van der Waals surface area contributed by atoms with E-state index in [1.54, 1.807) is 13.4 Å². The van der Waals surface area contributed by atoms with E-state index in [0.29, 0.717) is 13.0 Å². The third-order valence-electron chi connectivity index (χ3n) is 5.99. The second-order valence-corrected chi connectivity index (χ2v) is 8.03. The van der Waals surface area contributed by atoms with E-state index in [1.165, 1.54) is 5.56 Å². The van der Waals surface area contributed by atoms with Gasteiger partial charge in [0.05, 0.1) is 25.6 Å². The number of aromatic amines is 1. The number of carbonyl (C=O) groups excluding carboxylic acids is 1. The van der Waals surface area contributed by atoms with Crippen molar-refractivity contribution >= 4 is 5.91 Å². The third-order valence-corrected chi connectivity index (χ3v) is 5.99. The van der Waals surface area contributed by atoms with Crippen LogP contribution in [0.15, 0.2) is 48.8 Å². The highest BCUT2D eigenvalue weighted by molar-refractivity contribution is 5.80.